The Morgan fingerprint density at radius 2 is 1.93 bits per heavy atom. The zero-order chi connectivity index (χ0) is 20.7. The number of H-pyrrole nitrogens is 1. The number of rotatable bonds is 5. The van der Waals surface area contributed by atoms with Crippen LogP contribution in [-0.4, -0.2) is 15.2 Å². The average Bonchev–Trinajstić information content (AvgIpc) is 3.26. The minimum atomic E-state index is -0.237. The maximum absolute atomic E-state index is 11.5. The molecule has 0 spiro atoms. The van der Waals surface area contributed by atoms with Crippen LogP contribution in [-0.2, 0) is 19.3 Å². The number of phenols is 1. The largest absolute Gasteiger partial charge is 0.508 e. The number of benzene rings is 2. The molecule has 0 aliphatic heterocycles. The number of nitrogens with one attached hydrogen (secondary N) is 1. The average molecular weight is 412 g/mol. The van der Waals surface area contributed by atoms with Gasteiger partial charge in [0.15, 0.2) is 0 Å². The summed E-state index contributed by atoms with van der Waals surface area (Å²) in [5.41, 5.74) is 5.50. The Bertz CT molecular complexity index is 1130. The van der Waals surface area contributed by atoms with E-state index in [1.165, 1.54) is 11.1 Å². The Morgan fingerprint density at radius 3 is 2.62 bits per heavy atom. The maximum atomic E-state index is 11.5. The number of hydrogen-bond donors (Lipinski definition) is 3. The van der Waals surface area contributed by atoms with Crippen LogP contribution in [0, 0.1) is 6.92 Å². The van der Waals surface area contributed by atoms with Gasteiger partial charge in [0.1, 0.15) is 17.2 Å². The van der Waals surface area contributed by atoms with Gasteiger partial charge in [0, 0.05) is 12.0 Å². The van der Waals surface area contributed by atoms with E-state index in [1.54, 1.807) is 12.1 Å². The molecule has 1 aliphatic carbocycles. The summed E-state index contributed by atoms with van der Waals surface area (Å²) in [4.78, 5) is 14.4. The molecule has 152 valence electrons. The van der Waals surface area contributed by atoms with Crippen LogP contribution in [0.3, 0.4) is 0 Å². The summed E-state index contributed by atoms with van der Waals surface area (Å²) in [6, 6.07) is 7.49. The number of aromatic nitrogens is 1. The standard InChI is InChI=1S/C23H25NO4S/c1-12(2)18-11-15(7-8-19(18)25)28-21-13(3)9-14(16-5-4-6-17(16)21)10-20-22(26)24-23(27)29-20/h7-9,11-12,25-26H,4-6,10H2,1-3H3,(H,24,27). The van der Waals surface area contributed by atoms with Gasteiger partial charge in [0.2, 0.25) is 5.88 Å². The maximum Gasteiger partial charge on any atom is 0.307 e. The zero-order valence-corrected chi connectivity index (χ0v) is 17.7. The van der Waals surface area contributed by atoms with Gasteiger partial charge in [0.05, 0.1) is 4.88 Å². The monoisotopic (exact) mass is 411 g/mol. The summed E-state index contributed by atoms with van der Waals surface area (Å²) < 4.78 is 6.32. The summed E-state index contributed by atoms with van der Waals surface area (Å²) in [6.07, 6.45) is 3.51. The molecular formula is C23H25NO4S. The van der Waals surface area contributed by atoms with E-state index in [0.29, 0.717) is 11.3 Å². The van der Waals surface area contributed by atoms with Gasteiger partial charge in [-0.25, -0.2) is 0 Å². The normalized spacial score (nSPS) is 13.1. The highest BCUT2D eigenvalue weighted by atomic mass is 32.1. The Hall–Kier alpha value is -2.73. The van der Waals surface area contributed by atoms with E-state index in [4.69, 9.17) is 4.74 Å². The Balaban J connectivity index is 1.71. The lowest BCUT2D eigenvalue weighted by Gasteiger charge is -2.18. The van der Waals surface area contributed by atoms with Crippen molar-refractivity contribution >= 4 is 11.3 Å². The van der Waals surface area contributed by atoms with Crippen LogP contribution in [0.4, 0.5) is 0 Å². The van der Waals surface area contributed by atoms with E-state index in [9.17, 15) is 15.0 Å². The van der Waals surface area contributed by atoms with Gasteiger partial charge in [-0.1, -0.05) is 31.3 Å². The van der Waals surface area contributed by atoms with E-state index in [-0.39, 0.29) is 22.4 Å². The molecule has 0 unspecified atom stereocenters. The molecule has 1 aromatic heterocycles. The van der Waals surface area contributed by atoms with Crippen LogP contribution in [0.5, 0.6) is 23.1 Å². The molecule has 0 saturated carbocycles. The van der Waals surface area contributed by atoms with E-state index >= 15 is 0 Å². The summed E-state index contributed by atoms with van der Waals surface area (Å²) in [6.45, 7) is 6.11. The van der Waals surface area contributed by atoms with Crippen molar-refractivity contribution in [2.45, 2.75) is 52.4 Å². The summed E-state index contributed by atoms with van der Waals surface area (Å²) in [5, 5.41) is 20.0. The molecule has 2 aromatic carbocycles. The third kappa shape index (κ3) is 3.77. The van der Waals surface area contributed by atoms with Gasteiger partial charge in [-0.05, 0) is 72.6 Å². The number of fused-ring (bicyclic) bond motifs is 1. The van der Waals surface area contributed by atoms with Gasteiger partial charge < -0.3 is 14.9 Å². The second kappa shape index (κ2) is 7.59. The molecule has 0 amide bonds. The van der Waals surface area contributed by atoms with Crippen LogP contribution >= 0.6 is 11.3 Å². The van der Waals surface area contributed by atoms with E-state index in [1.807, 2.05) is 26.8 Å². The van der Waals surface area contributed by atoms with Gasteiger partial charge in [-0.15, -0.1) is 0 Å². The van der Waals surface area contributed by atoms with Crippen LogP contribution in [0.15, 0.2) is 29.1 Å². The summed E-state index contributed by atoms with van der Waals surface area (Å²) >= 11 is 1.06. The second-order valence-electron chi connectivity index (χ2n) is 7.93. The quantitative estimate of drug-likeness (QED) is 0.542. The lowest BCUT2D eigenvalue weighted by molar-refractivity contribution is 0.450. The van der Waals surface area contributed by atoms with Gasteiger partial charge in [0.25, 0.3) is 0 Å². The van der Waals surface area contributed by atoms with E-state index in [0.717, 1.165) is 58.8 Å². The van der Waals surface area contributed by atoms with Crippen LogP contribution in [0.1, 0.15) is 58.9 Å². The fourth-order valence-corrected chi connectivity index (χ4v) is 4.87. The first-order chi connectivity index (χ1) is 13.8. The summed E-state index contributed by atoms with van der Waals surface area (Å²) in [7, 11) is 0. The predicted molar refractivity (Wildman–Crippen MR) is 115 cm³/mol. The number of aromatic amines is 1. The number of ether oxygens (including phenoxy) is 1. The topological polar surface area (TPSA) is 82.6 Å². The fraction of sp³-hybridized carbons (Fsp3) is 0.348. The van der Waals surface area contributed by atoms with Crippen molar-refractivity contribution in [3.05, 3.63) is 66.6 Å². The number of hydrogen-bond acceptors (Lipinski definition) is 5. The van der Waals surface area contributed by atoms with Crippen molar-refractivity contribution in [2.75, 3.05) is 0 Å². The third-order valence-corrected chi connectivity index (χ3v) is 6.39. The molecule has 4 rings (SSSR count). The van der Waals surface area contributed by atoms with Gasteiger partial charge in [-0.2, -0.15) is 0 Å². The molecule has 3 aromatic rings. The number of thiazole rings is 1. The molecule has 6 heteroatoms. The molecule has 0 saturated heterocycles. The smallest absolute Gasteiger partial charge is 0.307 e. The molecule has 0 radical (unpaired) electrons. The second-order valence-corrected chi connectivity index (χ2v) is 9.00. The highest BCUT2D eigenvalue weighted by molar-refractivity contribution is 7.09. The minimum Gasteiger partial charge on any atom is -0.508 e. The van der Waals surface area contributed by atoms with Crippen LogP contribution in [0.2, 0.25) is 0 Å². The lowest BCUT2D eigenvalue weighted by atomic mass is 9.96. The fourth-order valence-electron chi connectivity index (χ4n) is 4.12. The number of aryl methyl sites for hydroxylation is 1. The van der Waals surface area contributed by atoms with Crippen molar-refractivity contribution < 1.29 is 14.9 Å². The lowest BCUT2D eigenvalue weighted by Crippen LogP contribution is -2.01. The Kier molecular flexibility index (Phi) is 5.13. The summed E-state index contributed by atoms with van der Waals surface area (Å²) in [5.74, 6) is 2.06. The first kappa shape index (κ1) is 19.6. The van der Waals surface area contributed by atoms with Crippen molar-refractivity contribution in [1.29, 1.82) is 0 Å². The molecule has 1 aliphatic rings. The SMILES string of the molecule is Cc1cc(Cc2sc(=O)[nH]c2O)c2c(c1Oc1ccc(O)c(C(C)C)c1)CCC2. The predicted octanol–water partition coefficient (Wildman–Crippen LogP) is 5.15. The first-order valence-electron chi connectivity index (χ1n) is 9.89. The Morgan fingerprint density at radius 1 is 1.17 bits per heavy atom. The first-order valence-corrected chi connectivity index (χ1v) is 10.7. The molecule has 29 heavy (non-hydrogen) atoms. The highest BCUT2D eigenvalue weighted by Crippen LogP contribution is 2.41. The van der Waals surface area contributed by atoms with Crippen molar-refractivity contribution in [3.63, 3.8) is 0 Å². The minimum absolute atomic E-state index is 0.0324. The molecule has 0 fully saturated rings. The molecular weight excluding hydrogens is 386 g/mol. The molecule has 1 heterocycles. The van der Waals surface area contributed by atoms with Crippen LogP contribution in [0.25, 0.3) is 0 Å². The molecule has 0 bridgehead atoms. The zero-order valence-electron chi connectivity index (χ0n) is 16.8. The Labute approximate surface area is 173 Å². The number of phenolic OH excluding ortho intramolecular Hbond substituents is 1. The number of aromatic hydroxyl groups is 2. The van der Waals surface area contributed by atoms with Crippen molar-refractivity contribution in [1.82, 2.24) is 4.98 Å². The van der Waals surface area contributed by atoms with Gasteiger partial charge in [-0.3, -0.25) is 9.78 Å². The van der Waals surface area contributed by atoms with Crippen molar-refractivity contribution in [2.24, 2.45) is 0 Å². The van der Waals surface area contributed by atoms with Crippen LogP contribution < -0.4 is 9.61 Å². The van der Waals surface area contributed by atoms with E-state index < -0.39 is 0 Å². The van der Waals surface area contributed by atoms with Gasteiger partial charge >= 0.3 is 4.87 Å². The third-order valence-electron chi connectivity index (χ3n) is 5.52. The van der Waals surface area contributed by atoms with E-state index in [2.05, 4.69) is 11.1 Å². The highest BCUT2D eigenvalue weighted by Gasteiger charge is 2.23. The molecule has 5 nitrogen and oxygen atoms in total. The van der Waals surface area contributed by atoms with Crippen molar-refractivity contribution in [3.8, 4) is 23.1 Å². The molecule has 0 atom stereocenters. The molecule has 3 N–H and O–H groups in total.